The molecule has 3 heteroatoms. The van der Waals surface area contributed by atoms with Crippen LogP contribution in [0.2, 0.25) is 0 Å². The van der Waals surface area contributed by atoms with Gasteiger partial charge in [-0.2, -0.15) is 0 Å². The van der Waals surface area contributed by atoms with Gasteiger partial charge in [-0.15, -0.1) is 0 Å². The molecule has 0 heterocycles. The van der Waals surface area contributed by atoms with E-state index in [2.05, 4.69) is 13.8 Å². The quantitative estimate of drug-likeness (QED) is 0.863. The molecule has 114 valence electrons. The van der Waals surface area contributed by atoms with Crippen molar-refractivity contribution < 1.29 is 10.0 Å². The van der Waals surface area contributed by atoms with Crippen molar-refractivity contribution in [3.8, 4) is 0 Å². The molecule has 1 unspecified atom stereocenters. The number of ketones is 1. The third-order valence-electron chi connectivity index (χ3n) is 4.37. The normalized spacial score (nSPS) is 17.5. The van der Waals surface area contributed by atoms with E-state index in [9.17, 15) is 10.0 Å². The molecule has 1 N–H and O–H groups in total. The van der Waals surface area contributed by atoms with Gasteiger partial charge in [0.25, 0.3) is 0 Å². The molecule has 1 atom stereocenters. The molecular formula is C19H21NO2. The summed E-state index contributed by atoms with van der Waals surface area (Å²) < 4.78 is 0. The molecule has 3 nitrogen and oxygen atoms in total. The van der Waals surface area contributed by atoms with Gasteiger partial charge >= 0.3 is 0 Å². The first-order valence-corrected chi connectivity index (χ1v) is 7.78. The lowest BCUT2D eigenvalue weighted by molar-refractivity contribution is 0.0875. The van der Waals surface area contributed by atoms with E-state index < -0.39 is 6.04 Å². The number of anilines is 1. The van der Waals surface area contributed by atoms with Crippen LogP contribution in [0.3, 0.4) is 0 Å². The minimum atomic E-state index is -0.505. The van der Waals surface area contributed by atoms with Crippen LogP contribution in [-0.4, -0.2) is 17.0 Å². The van der Waals surface area contributed by atoms with Crippen molar-refractivity contribution in [3.63, 3.8) is 0 Å². The van der Waals surface area contributed by atoms with E-state index in [-0.39, 0.29) is 11.7 Å². The smallest absolute Gasteiger partial charge is 0.188 e. The summed E-state index contributed by atoms with van der Waals surface area (Å²) in [5.41, 5.74) is 3.60. The Morgan fingerprint density at radius 1 is 1.09 bits per heavy atom. The first-order chi connectivity index (χ1) is 10.6. The van der Waals surface area contributed by atoms with Gasteiger partial charge in [-0.1, -0.05) is 56.3 Å². The third kappa shape index (κ3) is 2.53. The first-order valence-electron chi connectivity index (χ1n) is 7.78. The highest BCUT2D eigenvalue weighted by molar-refractivity contribution is 6.03. The van der Waals surface area contributed by atoms with Crippen LogP contribution in [0.25, 0.3) is 0 Å². The zero-order valence-electron chi connectivity index (χ0n) is 13.0. The summed E-state index contributed by atoms with van der Waals surface area (Å²) in [6.07, 6.45) is 1.45. The molecule has 0 radical (unpaired) electrons. The average molecular weight is 295 g/mol. The molecule has 22 heavy (non-hydrogen) atoms. The highest BCUT2D eigenvalue weighted by atomic mass is 16.5. The van der Waals surface area contributed by atoms with Crippen LogP contribution in [0.5, 0.6) is 0 Å². The fourth-order valence-corrected chi connectivity index (χ4v) is 3.17. The zero-order valence-corrected chi connectivity index (χ0v) is 13.0. The summed E-state index contributed by atoms with van der Waals surface area (Å²) in [7, 11) is 0. The van der Waals surface area contributed by atoms with Gasteiger partial charge in [0.15, 0.2) is 5.78 Å². The van der Waals surface area contributed by atoms with E-state index in [1.807, 2.05) is 48.5 Å². The number of hydrogen-bond donors (Lipinski definition) is 1. The number of Topliss-reactive ketones (excluding diaryl/α,β-unsaturated/α-hetero) is 1. The number of hydrogen-bond acceptors (Lipinski definition) is 3. The molecule has 1 aliphatic rings. The van der Waals surface area contributed by atoms with Crippen molar-refractivity contribution in [2.24, 2.45) is 0 Å². The molecule has 2 aromatic carbocycles. The van der Waals surface area contributed by atoms with E-state index in [0.717, 1.165) is 28.8 Å². The predicted octanol–water partition coefficient (Wildman–Crippen LogP) is 4.20. The highest BCUT2D eigenvalue weighted by Crippen LogP contribution is 2.31. The van der Waals surface area contributed by atoms with Gasteiger partial charge in [0.2, 0.25) is 0 Å². The molecule has 0 bridgehead atoms. The van der Waals surface area contributed by atoms with Gasteiger partial charge in [-0.25, -0.2) is 5.06 Å². The standard InChI is InChI=1S/C19H21NO2/c1-13(2)15-8-5-6-10-17(15)20(22)18-12-11-14-7-3-4-9-16(14)19(18)21/h3-10,13,18,22H,11-12H2,1-2H3. The summed E-state index contributed by atoms with van der Waals surface area (Å²) in [4.78, 5) is 12.7. The Bertz CT molecular complexity index is 693. The number of benzene rings is 2. The Morgan fingerprint density at radius 3 is 2.55 bits per heavy atom. The van der Waals surface area contributed by atoms with Crippen molar-refractivity contribution in [1.29, 1.82) is 0 Å². The summed E-state index contributed by atoms with van der Waals surface area (Å²) in [6.45, 7) is 4.18. The molecule has 0 spiro atoms. The lowest BCUT2D eigenvalue weighted by Crippen LogP contribution is -2.42. The Morgan fingerprint density at radius 2 is 1.77 bits per heavy atom. The lowest BCUT2D eigenvalue weighted by Gasteiger charge is -2.32. The number of fused-ring (bicyclic) bond motifs is 1. The molecule has 2 aromatic rings. The maximum atomic E-state index is 12.7. The number of hydroxylamine groups is 1. The molecule has 0 saturated heterocycles. The highest BCUT2D eigenvalue weighted by Gasteiger charge is 2.32. The molecule has 3 rings (SSSR count). The van der Waals surface area contributed by atoms with E-state index in [0.29, 0.717) is 6.42 Å². The molecule has 0 aromatic heterocycles. The lowest BCUT2D eigenvalue weighted by atomic mass is 9.86. The minimum Gasteiger partial charge on any atom is -0.292 e. The van der Waals surface area contributed by atoms with Crippen molar-refractivity contribution >= 4 is 11.5 Å². The van der Waals surface area contributed by atoms with Crippen LogP contribution < -0.4 is 5.06 Å². The number of para-hydroxylation sites is 1. The van der Waals surface area contributed by atoms with E-state index in [1.165, 1.54) is 5.06 Å². The maximum absolute atomic E-state index is 12.7. The third-order valence-corrected chi connectivity index (χ3v) is 4.37. The van der Waals surface area contributed by atoms with E-state index >= 15 is 0 Å². The zero-order chi connectivity index (χ0) is 15.7. The maximum Gasteiger partial charge on any atom is 0.188 e. The van der Waals surface area contributed by atoms with Crippen LogP contribution in [0.4, 0.5) is 5.69 Å². The van der Waals surface area contributed by atoms with Crippen LogP contribution in [0, 0.1) is 0 Å². The SMILES string of the molecule is CC(C)c1ccccc1N(O)C1CCc2ccccc2C1=O. The minimum absolute atomic E-state index is 0.00269. The first kappa shape index (κ1) is 14.8. The van der Waals surface area contributed by atoms with Crippen LogP contribution in [-0.2, 0) is 6.42 Å². The van der Waals surface area contributed by atoms with Crippen LogP contribution in [0.1, 0.15) is 47.7 Å². The fourth-order valence-electron chi connectivity index (χ4n) is 3.17. The Hall–Kier alpha value is -2.13. The van der Waals surface area contributed by atoms with Crippen molar-refractivity contribution in [2.45, 2.75) is 38.6 Å². The second-order valence-corrected chi connectivity index (χ2v) is 6.13. The van der Waals surface area contributed by atoms with Gasteiger partial charge in [0, 0.05) is 5.56 Å². The van der Waals surface area contributed by atoms with Crippen LogP contribution >= 0.6 is 0 Å². The second-order valence-electron chi connectivity index (χ2n) is 6.13. The van der Waals surface area contributed by atoms with Crippen molar-refractivity contribution in [1.82, 2.24) is 0 Å². The molecular weight excluding hydrogens is 274 g/mol. The Balaban J connectivity index is 1.94. The topological polar surface area (TPSA) is 40.5 Å². The van der Waals surface area contributed by atoms with Crippen molar-refractivity contribution in [3.05, 3.63) is 65.2 Å². The number of aryl methyl sites for hydroxylation is 1. The largest absolute Gasteiger partial charge is 0.292 e. The number of carbonyl (C=O) groups is 1. The summed E-state index contributed by atoms with van der Waals surface area (Å²) in [6, 6.07) is 14.9. The van der Waals surface area contributed by atoms with Gasteiger partial charge in [0.1, 0.15) is 6.04 Å². The fraction of sp³-hybridized carbons (Fsp3) is 0.316. The Labute approximate surface area is 131 Å². The second kappa shape index (κ2) is 5.93. The number of nitrogens with zero attached hydrogens (tertiary/aromatic N) is 1. The molecule has 0 aliphatic heterocycles. The van der Waals surface area contributed by atoms with Gasteiger partial charge in [0.05, 0.1) is 5.69 Å². The molecule has 0 saturated carbocycles. The molecule has 0 fully saturated rings. The number of rotatable bonds is 3. The molecule has 1 aliphatic carbocycles. The monoisotopic (exact) mass is 295 g/mol. The van der Waals surface area contributed by atoms with E-state index in [4.69, 9.17) is 0 Å². The molecule has 0 amide bonds. The summed E-state index contributed by atoms with van der Waals surface area (Å²) >= 11 is 0. The average Bonchev–Trinajstić information content (AvgIpc) is 2.55. The summed E-state index contributed by atoms with van der Waals surface area (Å²) in [5.74, 6) is 0.291. The van der Waals surface area contributed by atoms with Gasteiger partial charge in [-0.3, -0.25) is 10.0 Å². The number of carbonyl (C=O) groups excluding carboxylic acids is 1. The van der Waals surface area contributed by atoms with Gasteiger partial charge < -0.3 is 0 Å². The Kier molecular flexibility index (Phi) is 3.99. The van der Waals surface area contributed by atoms with Gasteiger partial charge in [-0.05, 0) is 36.0 Å². The van der Waals surface area contributed by atoms with Crippen LogP contribution in [0.15, 0.2) is 48.5 Å². The summed E-state index contributed by atoms with van der Waals surface area (Å²) in [5, 5.41) is 11.9. The predicted molar refractivity (Wildman–Crippen MR) is 87.7 cm³/mol. The van der Waals surface area contributed by atoms with Crippen molar-refractivity contribution in [2.75, 3.05) is 5.06 Å². The van der Waals surface area contributed by atoms with E-state index in [1.54, 1.807) is 0 Å².